The zero-order valence-electron chi connectivity index (χ0n) is 15.9. The van der Waals surface area contributed by atoms with E-state index in [9.17, 15) is 9.00 Å². The molecule has 0 aliphatic carbocycles. The number of urea groups is 1. The maximum Gasteiger partial charge on any atom is 0.349 e. The summed E-state index contributed by atoms with van der Waals surface area (Å²) in [5.74, 6) is 0.755. The van der Waals surface area contributed by atoms with Crippen LogP contribution in [0, 0.1) is 10.8 Å². The van der Waals surface area contributed by atoms with Gasteiger partial charge in [0.2, 0.25) is 0 Å². The van der Waals surface area contributed by atoms with Crippen LogP contribution in [-0.4, -0.2) is 61.3 Å². The van der Waals surface area contributed by atoms with Gasteiger partial charge in [0, 0.05) is 24.6 Å². The molecule has 0 atom stereocenters. The smallest absolute Gasteiger partial charge is 0.349 e. The van der Waals surface area contributed by atoms with Crippen molar-refractivity contribution in [2.75, 3.05) is 51.0 Å². The molecule has 2 amide bonds. The summed E-state index contributed by atoms with van der Waals surface area (Å²) < 4.78 is 27.7. The lowest BCUT2D eigenvalue weighted by Gasteiger charge is -2.22. The molecule has 3 N–H and O–H groups in total. The van der Waals surface area contributed by atoms with Gasteiger partial charge in [-0.05, 0) is 10.8 Å². The van der Waals surface area contributed by atoms with Gasteiger partial charge in [-0.3, -0.25) is 0 Å². The van der Waals surface area contributed by atoms with Crippen molar-refractivity contribution in [2.24, 2.45) is 20.9 Å². The third-order valence-corrected chi connectivity index (χ3v) is 6.48. The van der Waals surface area contributed by atoms with Crippen LogP contribution in [0.5, 0.6) is 0 Å². The number of ether oxygens (including phenoxy) is 2. The highest BCUT2D eigenvalue weighted by atomic mass is 32.2. The van der Waals surface area contributed by atoms with Gasteiger partial charge in [0.1, 0.15) is 0 Å². The molecular formula is C17H33N3O4S. The predicted molar refractivity (Wildman–Crippen MR) is 101 cm³/mol. The van der Waals surface area contributed by atoms with Crippen LogP contribution in [-0.2, 0) is 19.2 Å². The molecule has 0 spiro atoms. The van der Waals surface area contributed by atoms with Gasteiger partial charge in [-0.25, -0.2) is 9.00 Å². The molecule has 1 aliphatic heterocycles. The topological polar surface area (TPSA) is 103 Å². The Morgan fingerprint density at radius 3 is 2.12 bits per heavy atom. The monoisotopic (exact) mass is 375 g/mol. The van der Waals surface area contributed by atoms with E-state index in [4.69, 9.17) is 15.2 Å². The molecule has 0 fully saturated rings. The summed E-state index contributed by atoms with van der Waals surface area (Å²) in [7, 11) is -2.62. The summed E-state index contributed by atoms with van der Waals surface area (Å²) in [6.07, 6.45) is 4.15. The Labute approximate surface area is 151 Å². The fourth-order valence-electron chi connectivity index (χ4n) is 2.64. The number of nitrogens with two attached hydrogens (primary N) is 1. The van der Waals surface area contributed by atoms with Gasteiger partial charge < -0.3 is 20.5 Å². The fourth-order valence-corrected chi connectivity index (χ4v) is 5.76. The molecular weight excluding hydrogens is 342 g/mol. The molecule has 1 heterocycles. The van der Waals surface area contributed by atoms with E-state index in [2.05, 4.69) is 21.8 Å². The number of amides is 2. The standard InChI is InChI=1S/C17H33N3O4S/c1-16(2)5-6-17(3,4)14-25(22,13-16)20-15(21)19-8-10-24-12-11-23-9-7-18/h5-6H,7-14,18H2,1-4H3,(H,19,21). The maximum atomic E-state index is 13.2. The largest absolute Gasteiger partial charge is 0.378 e. The molecule has 0 radical (unpaired) electrons. The van der Waals surface area contributed by atoms with E-state index < -0.39 is 15.8 Å². The number of allylic oxidation sites excluding steroid dienone is 2. The van der Waals surface area contributed by atoms with Crippen LogP contribution < -0.4 is 11.1 Å². The second-order valence-corrected chi connectivity index (χ2v) is 10.0. The first-order chi connectivity index (χ1) is 11.6. The Kier molecular flexibility index (Phi) is 8.53. The van der Waals surface area contributed by atoms with Crippen molar-refractivity contribution in [2.45, 2.75) is 27.7 Å². The van der Waals surface area contributed by atoms with Crippen LogP contribution in [0.1, 0.15) is 27.7 Å². The zero-order chi connectivity index (χ0) is 19.0. The van der Waals surface area contributed by atoms with Crippen molar-refractivity contribution in [3.8, 4) is 0 Å². The second kappa shape index (κ2) is 9.66. The van der Waals surface area contributed by atoms with Crippen molar-refractivity contribution < 1.29 is 18.5 Å². The average Bonchev–Trinajstić information content (AvgIpc) is 2.54. The maximum absolute atomic E-state index is 13.2. The molecule has 0 unspecified atom stereocenters. The molecule has 0 aromatic carbocycles. The number of carbonyl (C=O) groups excluding carboxylic acids is 1. The summed E-state index contributed by atoms with van der Waals surface area (Å²) in [4.78, 5) is 12.1. The summed E-state index contributed by atoms with van der Waals surface area (Å²) in [5.41, 5.74) is 4.81. The second-order valence-electron chi connectivity index (χ2n) is 7.71. The van der Waals surface area contributed by atoms with E-state index in [0.717, 1.165) is 0 Å². The first kappa shape index (κ1) is 22.1. The van der Waals surface area contributed by atoms with Crippen LogP contribution in [0.25, 0.3) is 0 Å². The Morgan fingerprint density at radius 1 is 1.08 bits per heavy atom. The number of hydrogen-bond acceptors (Lipinski definition) is 5. The van der Waals surface area contributed by atoms with E-state index in [1.165, 1.54) is 0 Å². The van der Waals surface area contributed by atoms with Crippen molar-refractivity contribution in [3.63, 3.8) is 0 Å². The van der Waals surface area contributed by atoms with E-state index in [1.54, 1.807) is 0 Å². The first-order valence-electron chi connectivity index (χ1n) is 8.64. The van der Waals surface area contributed by atoms with Crippen LogP contribution in [0.3, 0.4) is 0 Å². The Hall–Kier alpha value is -0.960. The van der Waals surface area contributed by atoms with Gasteiger partial charge in [-0.2, -0.15) is 0 Å². The number of carbonyl (C=O) groups is 1. The fraction of sp³-hybridized carbons (Fsp3) is 0.824. The lowest BCUT2D eigenvalue weighted by molar-refractivity contribution is 0.0525. The van der Waals surface area contributed by atoms with Gasteiger partial charge in [-0.15, -0.1) is 4.36 Å². The van der Waals surface area contributed by atoms with Gasteiger partial charge in [0.25, 0.3) is 0 Å². The average molecular weight is 376 g/mol. The lowest BCUT2D eigenvalue weighted by Crippen LogP contribution is -2.30. The SMILES string of the molecule is CC1(C)C=CC(C)(C)CS(=O)(=NC(=O)NCCOCCOCCN)C1. The van der Waals surface area contributed by atoms with Crippen molar-refractivity contribution in [1.29, 1.82) is 0 Å². The normalized spacial score (nSPS) is 20.7. The van der Waals surface area contributed by atoms with E-state index in [-0.39, 0.29) is 10.8 Å². The van der Waals surface area contributed by atoms with Gasteiger partial charge >= 0.3 is 6.03 Å². The summed E-state index contributed by atoms with van der Waals surface area (Å²) in [5, 5.41) is 2.64. The number of nitrogens with zero attached hydrogens (tertiary/aromatic N) is 1. The first-order valence-corrected chi connectivity index (χ1v) is 10.5. The minimum absolute atomic E-state index is 0.249. The Balaban J connectivity index is 2.48. The highest BCUT2D eigenvalue weighted by molar-refractivity contribution is 7.94. The number of hydrogen-bond donors (Lipinski definition) is 2. The summed E-state index contributed by atoms with van der Waals surface area (Å²) >= 11 is 0. The van der Waals surface area contributed by atoms with Crippen LogP contribution >= 0.6 is 0 Å². The van der Waals surface area contributed by atoms with Gasteiger partial charge in [-0.1, -0.05) is 39.8 Å². The lowest BCUT2D eigenvalue weighted by atomic mass is 9.89. The van der Waals surface area contributed by atoms with Gasteiger partial charge in [0.15, 0.2) is 0 Å². The Morgan fingerprint density at radius 2 is 1.60 bits per heavy atom. The minimum atomic E-state index is -2.62. The molecule has 7 nitrogen and oxygen atoms in total. The molecule has 0 aromatic rings. The van der Waals surface area contributed by atoms with Crippen LogP contribution in [0.4, 0.5) is 4.79 Å². The molecule has 1 aliphatic rings. The van der Waals surface area contributed by atoms with E-state index >= 15 is 0 Å². The number of nitrogens with one attached hydrogen (secondary N) is 1. The van der Waals surface area contributed by atoms with Crippen molar-refractivity contribution >= 4 is 15.8 Å². The highest BCUT2D eigenvalue weighted by Gasteiger charge is 2.32. The molecule has 0 bridgehead atoms. The molecule has 146 valence electrons. The molecule has 0 saturated carbocycles. The van der Waals surface area contributed by atoms with Crippen molar-refractivity contribution in [3.05, 3.63) is 12.2 Å². The molecule has 25 heavy (non-hydrogen) atoms. The highest BCUT2D eigenvalue weighted by Crippen LogP contribution is 2.32. The zero-order valence-corrected chi connectivity index (χ0v) is 16.7. The van der Waals surface area contributed by atoms with E-state index in [1.807, 2.05) is 27.7 Å². The third kappa shape index (κ3) is 9.34. The summed E-state index contributed by atoms with van der Waals surface area (Å²) in [6, 6.07) is -0.540. The van der Waals surface area contributed by atoms with Crippen LogP contribution in [0.15, 0.2) is 16.5 Å². The van der Waals surface area contributed by atoms with Crippen LogP contribution in [0.2, 0.25) is 0 Å². The third-order valence-electron chi connectivity index (χ3n) is 3.59. The Bertz CT molecular complexity index is 552. The van der Waals surface area contributed by atoms with Gasteiger partial charge in [0.05, 0.1) is 36.2 Å². The van der Waals surface area contributed by atoms with Crippen molar-refractivity contribution in [1.82, 2.24) is 5.32 Å². The predicted octanol–water partition coefficient (Wildman–Crippen LogP) is 1.78. The van der Waals surface area contributed by atoms with E-state index in [0.29, 0.717) is 51.0 Å². The molecule has 0 saturated heterocycles. The molecule has 1 rings (SSSR count). The quantitative estimate of drug-likeness (QED) is 0.497. The summed E-state index contributed by atoms with van der Waals surface area (Å²) in [6.45, 7) is 10.6. The number of rotatable bonds is 8. The minimum Gasteiger partial charge on any atom is -0.378 e. The molecule has 0 aromatic heterocycles. The molecule has 8 heteroatoms.